The maximum atomic E-state index is 13.5. The van der Waals surface area contributed by atoms with Crippen molar-refractivity contribution in [3.63, 3.8) is 0 Å². The highest BCUT2D eigenvalue weighted by molar-refractivity contribution is 6.46. The first kappa shape index (κ1) is 26.7. The van der Waals surface area contributed by atoms with Crippen LogP contribution in [0.3, 0.4) is 0 Å². The molecule has 1 amide bonds. The third-order valence-electron chi connectivity index (χ3n) is 6.89. The molecule has 1 aromatic heterocycles. The van der Waals surface area contributed by atoms with Crippen molar-refractivity contribution < 1.29 is 24.2 Å². The zero-order valence-corrected chi connectivity index (χ0v) is 22.6. The average Bonchev–Trinajstić information content (AvgIpc) is 3.22. The van der Waals surface area contributed by atoms with Crippen molar-refractivity contribution >= 4 is 17.4 Å². The molecule has 0 radical (unpaired) electrons. The lowest BCUT2D eigenvalue weighted by Gasteiger charge is -2.26. The van der Waals surface area contributed by atoms with E-state index in [2.05, 4.69) is 4.98 Å². The van der Waals surface area contributed by atoms with Gasteiger partial charge in [0.05, 0.1) is 18.7 Å². The summed E-state index contributed by atoms with van der Waals surface area (Å²) in [5, 5.41) is 11.6. The topological polar surface area (TPSA) is 89.0 Å². The number of rotatable bonds is 8. The predicted octanol–water partition coefficient (Wildman–Crippen LogP) is 6.63. The Morgan fingerprint density at radius 1 is 0.950 bits per heavy atom. The van der Waals surface area contributed by atoms with E-state index >= 15 is 0 Å². The molecule has 4 aromatic rings. The smallest absolute Gasteiger partial charge is 0.295 e. The molecular formula is C33H30N2O5. The van der Waals surface area contributed by atoms with E-state index in [4.69, 9.17) is 9.47 Å². The summed E-state index contributed by atoms with van der Waals surface area (Å²) in [4.78, 5) is 32.6. The molecule has 0 spiro atoms. The van der Waals surface area contributed by atoms with E-state index < -0.39 is 17.7 Å². The van der Waals surface area contributed by atoms with Gasteiger partial charge in [0.25, 0.3) is 11.7 Å². The molecule has 0 bridgehead atoms. The third-order valence-corrected chi connectivity index (χ3v) is 6.89. The Bertz CT molecular complexity index is 1560. The lowest BCUT2D eigenvalue weighted by atomic mass is 9.93. The molecule has 1 fully saturated rings. The van der Waals surface area contributed by atoms with E-state index in [0.717, 1.165) is 11.1 Å². The van der Waals surface area contributed by atoms with Crippen molar-refractivity contribution in [2.24, 2.45) is 0 Å². The van der Waals surface area contributed by atoms with Gasteiger partial charge in [-0.1, -0.05) is 50.2 Å². The molecule has 1 N–H and O–H groups in total. The molecule has 5 rings (SSSR count). The van der Waals surface area contributed by atoms with Gasteiger partial charge in [0, 0.05) is 24.5 Å². The SMILES string of the molecule is COc1ccc(/C(O)=C2\C(=O)C(=O)N(Cc3cccnc3)C2c2cccc(Oc3ccccc3)c2)cc1C(C)C. The Morgan fingerprint density at radius 3 is 2.42 bits per heavy atom. The minimum absolute atomic E-state index is 0.0191. The molecule has 1 saturated heterocycles. The Hall–Kier alpha value is -4.91. The number of methoxy groups -OCH3 is 1. The van der Waals surface area contributed by atoms with E-state index in [0.29, 0.717) is 28.4 Å². The number of carbonyl (C=O) groups is 2. The molecule has 40 heavy (non-hydrogen) atoms. The largest absolute Gasteiger partial charge is 0.507 e. The van der Waals surface area contributed by atoms with Crippen LogP contribution in [0.1, 0.15) is 48.1 Å². The summed E-state index contributed by atoms with van der Waals surface area (Å²) in [6, 6.07) is 24.6. The second-order valence-electron chi connectivity index (χ2n) is 9.89. The van der Waals surface area contributed by atoms with Crippen LogP contribution in [0.25, 0.3) is 5.76 Å². The fraction of sp³-hybridized carbons (Fsp3) is 0.182. The van der Waals surface area contributed by atoms with E-state index in [9.17, 15) is 14.7 Å². The molecule has 1 aliphatic heterocycles. The molecule has 7 heteroatoms. The number of aromatic nitrogens is 1. The van der Waals surface area contributed by atoms with Gasteiger partial charge < -0.3 is 19.5 Å². The molecule has 3 aromatic carbocycles. The van der Waals surface area contributed by atoms with Crippen LogP contribution in [0.2, 0.25) is 0 Å². The zero-order chi connectivity index (χ0) is 28.2. The summed E-state index contributed by atoms with van der Waals surface area (Å²) in [7, 11) is 1.59. The van der Waals surface area contributed by atoms with Gasteiger partial charge in [-0.15, -0.1) is 0 Å². The number of benzene rings is 3. The maximum Gasteiger partial charge on any atom is 0.295 e. The number of aliphatic hydroxyl groups is 1. The summed E-state index contributed by atoms with van der Waals surface area (Å²) < 4.78 is 11.5. The van der Waals surface area contributed by atoms with Crippen LogP contribution < -0.4 is 9.47 Å². The monoisotopic (exact) mass is 534 g/mol. The lowest BCUT2D eigenvalue weighted by molar-refractivity contribution is -0.140. The quantitative estimate of drug-likeness (QED) is 0.155. The van der Waals surface area contributed by atoms with Crippen LogP contribution >= 0.6 is 0 Å². The average molecular weight is 535 g/mol. The number of hydrogen-bond acceptors (Lipinski definition) is 6. The number of para-hydroxylation sites is 1. The summed E-state index contributed by atoms with van der Waals surface area (Å²) in [6.45, 7) is 4.18. The summed E-state index contributed by atoms with van der Waals surface area (Å²) in [6.07, 6.45) is 3.30. The third kappa shape index (κ3) is 5.31. The molecule has 1 unspecified atom stereocenters. The minimum Gasteiger partial charge on any atom is -0.507 e. The van der Waals surface area contributed by atoms with Gasteiger partial charge >= 0.3 is 0 Å². The molecule has 0 saturated carbocycles. The number of ketones is 1. The highest BCUT2D eigenvalue weighted by Gasteiger charge is 2.46. The Balaban J connectivity index is 1.64. The van der Waals surface area contributed by atoms with Gasteiger partial charge in [0.2, 0.25) is 0 Å². The van der Waals surface area contributed by atoms with Crippen LogP contribution in [0.5, 0.6) is 17.2 Å². The van der Waals surface area contributed by atoms with E-state index in [1.807, 2.05) is 68.4 Å². The normalized spacial score (nSPS) is 16.4. The number of ether oxygens (including phenoxy) is 2. The van der Waals surface area contributed by atoms with Gasteiger partial charge in [-0.2, -0.15) is 0 Å². The number of carbonyl (C=O) groups excluding carboxylic acids is 2. The van der Waals surface area contributed by atoms with Crippen LogP contribution in [0, 0.1) is 0 Å². The molecule has 0 aliphatic carbocycles. The van der Waals surface area contributed by atoms with Crippen molar-refractivity contribution in [1.29, 1.82) is 0 Å². The molecular weight excluding hydrogens is 504 g/mol. The molecule has 202 valence electrons. The van der Waals surface area contributed by atoms with E-state index in [-0.39, 0.29) is 23.8 Å². The first-order valence-corrected chi connectivity index (χ1v) is 13.1. The Kier molecular flexibility index (Phi) is 7.64. The minimum atomic E-state index is -0.843. The number of pyridine rings is 1. The van der Waals surface area contributed by atoms with Gasteiger partial charge in [-0.05, 0) is 71.1 Å². The maximum absolute atomic E-state index is 13.5. The van der Waals surface area contributed by atoms with Crippen molar-refractivity contribution in [2.75, 3.05) is 7.11 Å². The molecule has 2 heterocycles. The number of nitrogens with zero attached hydrogens (tertiary/aromatic N) is 2. The first-order chi connectivity index (χ1) is 19.4. The van der Waals surface area contributed by atoms with Crippen molar-refractivity contribution in [2.45, 2.75) is 32.4 Å². The number of Topliss-reactive ketones (excluding diaryl/α,β-unsaturated/α-hetero) is 1. The highest BCUT2D eigenvalue weighted by atomic mass is 16.5. The van der Waals surface area contributed by atoms with Crippen molar-refractivity contribution in [1.82, 2.24) is 9.88 Å². The Morgan fingerprint density at radius 2 is 1.73 bits per heavy atom. The second-order valence-corrected chi connectivity index (χ2v) is 9.89. The molecule has 1 atom stereocenters. The summed E-state index contributed by atoms with van der Waals surface area (Å²) >= 11 is 0. The van der Waals surface area contributed by atoms with Crippen LogP contribution in [0.4, 0.5) is 0 Å². The number of amides is 1. The van der Waals surface area contributed by atoms with Crippen LogP contribution in [0.15, 0.2) is 103 Å². The highest BCUT2D eigenvalue weighted by Crippen LogP contribution is 2.42. The first-order valence-electron chi connectivity index (χ1n) is 13.1. The van der Waals surface area contributed by atoms with Gasteiger partial charge in [0.15, 0.2) is 0 Å². The fourth-order valence-electron chi connectivity index (χ4n) is 4.94. The van der Waals surface area contributed by atoms with Crippen molar-refractivity contribution in [3.8, 4) is 17.2 Å². The Labute approximate surface area is 233 Å². The number of aliphatic hydroxyl groups excluding tert-OH is 1. The van der Waals surface area contributed by atoms with Gasteiger partial charge in [0.1, 0.15) is 23.0 Å². The summed E-state index contributed by atoms with van der Waals surface area (Å²) in [5.41, 5.74) is 2.73. The van der Waals surface area contributed by atoms with E-state index in [1.165, 1.54) is 4.90 Å². The molecule has 7 nitrogen and oxygen atoms in total. The number of hydrogen-bond donors (Lipinski definition) is 1. The fourth-order valence-corrected chi connectivity index (χ4v) is 4.94. The van der Waals surface area contributed by atoms with Gasteiger partial charge in [-0.25, -0.2) is 0 Å². The van der Waals surface area contributed by atoms with Crippen molar-refractivity contribution in [3.05, 3.63) is 125 Å². The standard InChI is InChI=1S/C33H30N2O5/c1-21(2)27-18-24(14-15-28(27)39-3)31(36)29-30(35(33(38)32(29)37)20-22-9-8-16-34-19-22)23-10-7-13-26(17-23)40-25-11-5-4-6-12-25/h4-19,21,30,36H,20H2,1-3H3/b31-29+. The number of likely N-dealkylation sites (tertiary alicyclic amines) is 1. The lowest BCUT2D eigenvalue weighted by Crippen LogP contribution is -2.29. The molecule has 1 aliphatic rings. The second kappa shape index (κ2) is 11.5. The van der Waals surface area contributed by atoms with Gasteiger partial charge in [-0.3, -0.25) is 14.6 Å². The zero-order valence-electron chi connectivity index (χ0n) is 22.6. The van der Waals surface area contributed by atoms with Crippen LogP contribution in [-0.4, -0.2) is 33.8 Å². The predicted molar refractivity (Wildman–Crippen MR) is 152 cm³/mol. The summed E-state index contributed by atoms with van der Waals surface area (Å²) in [5.74, 6) is 0.316. The van der Waals surface area contributed by atoms with Crippen LogP contribution in [-0.2, 0) is 16.1 Å². The van der Waals surface area contributed by atoms with E-state index in [1.54, 1.807) is 49.8 Å².